The molecule has 0 saturated heterocycles. The minimum atomic E-state index is -0.313. The first kappa shape index (κ1) is 12.2. The standard InChI is InChI=1S/C15H18N2O2/c1-17-8-7-16-15(17)10-19-12-5-6-13-11(9-12)3-2-4-14(13)18/h5-9,14,18H,2-4,10H2,1H3. The number of rotatable bonds is 3. The van der Waals surface area contributed by atoms with Gasteiger partial charge in [0.1, 0.15) is 18.2 Å². The highest BCUT2D eigenvalue weighted by Gasteiger charge is 2.18. The largest absolute Gasteiger partial charge is 0.486 e. The van der Waals surface area contributed by atoms with E-state index < -0.39 is 0 Å². The molecule has 2 aromatic rings. The van der Waals surface area contributed by atoms with Crippen molar-refractivity contribution >= 4 is 0 Å². The molecule has 100 valence electrons. The molecular formula is C15H18N2O2. The predicted octanol–water partition coefficient (Wildman–Crippen LogP) is 2.37. The SMILES string of the molecule is Cn1ccnc1COc1ccc2c(c1)CCCC2O. The van der Waals surface area contributed by atoms with Crippen LogP contribution in [0.2, 0.25) is 0 Å². The van der Waals surface area contributed by atoms with Gasteiger partial charge < -0.3 is 14.4 Å². The molecule has 0 amide bonds. The lowest BCUT2D eigenvalue weighted by Gasteiger charge is -2.21. The van der Waals surface area contributed by atoms with Gasteiger partial charge in [0.25, 0.3) is 0 Å². The Hall–Kier alpha value is -1.81. The van der Waals surface area contributed by atoms with Crippen LogP contribution in [0, 0.1) is 0 Å². The van der Waals surface area contributed by atoms with Gasteiger partial charge in [0.2, 0.25) is 0 Å². The number of nitrogens with zero attached hydrogens (tertiary/aromatic N) is 2. The molecular weight excluding hydrogens is 240 g/mol. The average molecular weight is 258 g/mol. The van der Waals surface area contributed by atoms with E-state index in [4.69, 9.17) is 4.74 Å². The van der Waals surface area contributed by atoms with Crippen LogP contribution in [0.4, 0.5) is 0 Å². The zero-order valence-corrected chi connectivity index (χ0v) is 11.0. The van der Waals surface area contributed by atoms with Gasteiger partial charge in [0.05, 0.1) is 6.10 Å². The monoisotopic (exact) mass is 258 g/mol. The molecule has 1 heterocycles. The lowest BCUT2D eigenvalue weighted by Crippen LogP contribution is -2.09. The molecule has 3 rings (SSSR count). The summed E-state index contributed by atoms with van der Waals surface area (Å²) in [5, 5.41) is 9.91. The summed E-state index contributed by atoms with van der Waals surface area (Å²) >= 11 is 0. The number of aryl methyl sites for hydroxylation is 2. The van der Waals surface area contributed by atoms with Crippen molar-refractivity contribution in [3.8, 4) is 5.75 Å². The van der Waals surface area contributed by atoms with Crippen molar-refractivity contribution in [1.82, 2.24) is 9.55 Å². The molecule has 1 atom stereocenters. The van der Waals surface area contributed by atoms with E-state index >= 15 is 0 Å². The van der Waals surface area contributed by atoms with Gasteiger partial charge in [-0.25, -0.2) is 4.98 Å². The summed E-state index contributed by atoms with van der Waals surface area (Å²) < 4.78 is 7.71. The Morgan fingerprint density at radius 2 is 2.37 bits per heavy atom. The Bertz CT molecular complexity index is 577. The zero-order valence-electron chi connectivity index (χ0n) is 11.0. The summed E-state index contributed by atoms with van der Waals surface area (Å²) in [5.74, 6) is 1.74. The number of aliphatic hydroxyl groups is 1. The Labute approximate surface area is 112 Å². The van der Waals surface area contributed by atoms with Crippen LogP contribution in [-0.4, -0.2) is 14.7 Å². The molecule has 0 bridgehead atoms. The molecule has 0 fully saturated rings. The van der Waals surface area contributed by atoms with E-state index in [9.17, 15) is 5.11 Å². The fourth-order valence-electron chi connectivity index (χ4n) is 2.54. The second kappa shape index (κ2) is 5.05. The molecule has 1 aromatic heterocycles. The first-order valence-electron chi connectivity index (χ1n) is 6.64. The number of imidazole rings is 1. The first-order valence-corrected chi connectivity index (χ1v) is 6.64. The van der Waals surface area contributed by atoms with Crippen molar-refractivity contribution in [2.75, 3.05) is 0 Å². The van der Waals surface area contributed by atoms with E-state index in [1.54, 1.807) is 6.20 Å². The van der Waals surface area contributed by atoms with Crippen LogP contribution in [-0.2, 0) is 20.1 Å². The van der Waals surface area contributed by atoms with Crippen LogP contribution in [0.25, 0.3) is 0 Å². The van der Waals surface area contributed by atoms with Gasteiger partial charge in [-0.05, 0) is 42.5 Å². The zero-order chi connectivity index (χ0) is 13.2. The van der Waals surface area contributed by atoms with Crippen molar-refractivity contribution in [3.05, 3.63) is 47.5 Å². The minimum absolute atomic E-state index is 0.313. The van der Waals surface area contributed by atoms with Gasteiger partial charge in [0, 0.05) is 19.4 Å². The van der Waals surface area contributed by atoms with Crippen LogP contribution in [0.3, 0.4) is 0 Å². The van der Waals surface area contributed by atoms with Gasteiger partial charge in [-0.15, -0.1) is 0 Å². The number of ether oxygens (including phenoxy) is 1. The fraction of sp³-hybridized carbons (Fsp3) is 0.400. The Morgan fingerprint density at radius 3 is 3.16 bits per heavy atom. The lowest BCUT2D eigenvalue weighted by atomic mass is 9.89. The second-order valence-electron chi connectivity index (χ2n) is 5.01. The quantitative estimate of drug-likeness (QED) is 0.919. The van der Waals surface area contributed by atoms with E-state index in [0.717, 1.165) is 36.4 Å². The number of hydrogen-bond donors (Lipinski definition) is 1. The Balaban J connectivity index is 1.74. The molecule has 1 N–H and O–H groups in total. The third kappa shape index (κ3) is 2.49. The van der Waals surface area contributed by atoms with Gasteiger partial charge in [-0.1, -0.05) is 6.07 Å². The van der Waals surface area contributed by atoms with E-state index in [1.807, 2.05) is 36.0 Å². The van der Waals surface area contributed by atoms with E-state index in [0.29, 0.717) is 6.61 Å². The molecule has 0 radical (unpaired) electrons. The molecule has 1 aromatic carbocycles. The number of aromatic nitrogens is 2. The number of aliphatic hydroxyl groups excluding tert-OH is 1. The van der Waals surface area contributed by atoms with Crippen LogP contribution in [0.1, 0.15) is 35.9 Å². The third-order valence-corrected chi connectivity index (χ3v) is 3.69. The van der Waals surface area contributed by atoms with Crippen LogP contribution in [0.15, 0.2) is 30.6 Å². The summed E-state index contributed by atoms with van der Waals surface area (Å²) in [6.07, 6.45) is 6.28. The number of hydrogen-bond acceptors (Lipinski definition) is 3. The van der Waals surface area contributed by atoms with E-state index in [1.165, 1.54) is 5.56 Å². The van der Waals surface area contributed by atoms with Gasteiger partial charge in [0.15, 0.2) is 0 Å². The molecule has 0 spiro atoms. The van der Waals surface area contributed by atoms with Crippen LogP contribution < -0.4 is 4.74 Å². The van der Waals surface area contributed by atoms with Gasteiger partial charge in [-0.3, -0.25) is 0 Å². The molecule has 0 saturated carbocycles. The summed E-state index contributed by atoms with van der Waals surface area (Å²) in [6.45, 7) is 0.463. The van der Waals surface area contributed by atoms with Crippen LogP contribution >= 0.6 is 0 Å². The predicted molar refractivity (Wildman–Crippen MR) is 71.9 cm³/mol. The Kier molecular flexibility index (Phi) is 3.25. The van der Waals surface area contributed by atoms with Crippen molar-refractivity contribution in [2.45, 2.75) is 32.0 Å². The molecule has 19 heavy (non-hydrogen) atoms. The highest BCUT2D eigenvalue weighted by Crippen LogP contribution is 2.32. The Morgan fingerprint density at radius 1 is 1.47 bits per heavy atom. The van der Waals surface area contributed by atoms with Crippen molar-refractivity contribution in [3.63, 3.8) is 0 Å². The van der Waals surface area contributed by atoms with Crippen molar-refractivity contribution in [1.29, 1.82) is 0 Å². The summed E-state index contributed by atoms with van der Waals surface area (Å²) in [7, 11) is 1.95. The first-order chi connectivity index (χ1) is 9.24. The molecule has 1 unspecified atom stereocenters. The molecule has 4 nitrogen and oxygen atoms in total. The van der Waals surface area contributed by atoms with Crippen molar-refractivity contribution in [2.24, 2.45) is 7.05 Å². The van der Waals surface area contributed by atoms with Crippen LogP contribution in [0.5, 0.6) is 5.75 Å². The highest BCUT2D eigenvalue weighted by molar-refractivity contribution is 5.38. The highest BCUT2D eigenvalue weighted by atomic mass is 16.5. The normalized spacial score (nSPS) is 18.1. The number of fused-ring (bicyclic) bond motifs is 1. The summed E-state index contributed by atoms with van der Waals surface area (Å²) in [4.78, 5) is 4.23. The second-order valence-corrected chi connectivity index (χ2v) is 5.01. The third-order valence-electron chi connectivity index (χ3n) is 3.69. The smallest absolute Gasteiger partial charge is 0.146 e. The summed E-state index contributed by atoms with van der Waals surface area (Å²) in [6, 6.07) is 5.95. The molecule has 4 heteroatoms. The number of benzene rings is 1. The molecule has 0 aliphatic heterocycles. The van der Waals surface area contributed by atoms with Crippen molar-refractivity contribution < 1.29 is 9.84 Å². The minimum Gasteiger partial charge on any atom is -0.486 e. The average Bonchev–Trinajstić information content (AvgIpc) is 2.82. The summed E-state index contributed by atoms with van der Waals surface area (Å²) in [5.41, 5.74) is 2.26. The maximum absolute atomic E-state index is 9.91. The fourth-order valence-corrected chi connectivity index (χ4v) is 2.54. The lowest BCUT2D eigenvalue weighted by molar-refractivity contribution is 0.156. The van der Waals surface area contributed by atoms with Gasteiger partial charge in [-0.2, -0.15) is 0 Å². The molecule has 1 aliphatic rings. The maximum atomic E-state index is 9.91. The topological polar surface area (TPSA) is 47.3 Å². The molecule has 1 aliphatic carbocycles. The maximum Gasteiger partial charge on any atom is 0.146 e. The van der Waals surface area contributed by atoms with E-state index in [2.05, 4.69) is 4.98 Å². The van der Waals surface area contributed by atoms with Gasteiger partial charge >= 0.3 is 0 Å². The van der Waals surface area contributed by atoms with E-state index in [-0.39, 0.29) is 6.10 Å².